The van der Waals surface area contributed by atoms with E-state index in [9.17, 15) is 4.79 Å². The van der Waals surface area contributed by atoms with E-state index >= 15 is 0 Å². The summed E-state index contributed by atoms with van der Waals surface area (Å²) in [6.07, 6.45) is 0. The largest absolute Gasteiger partial charge is 0.490 e. The van der Waals surface area contributed by atoms with Gasteiger partial charge in [0.25, 0.3) is 5.91 Å². The molecular formula is C26H33N3O4S. The molecule has 0 N–H and O–H groups in total. The molecule has 4 rings (SSSR count). The maximum atomic E-state index is 13.8. The number of hydrogen-bond donors (Lipinski definition) is 0. The molecule has 1 fully saturated rings. The van der Waals surface area contributed by atoms with Crippen LogP contribution in [-0.4, -0.2) is 68.4 Å². The highest BCUT2D eigenvalue weighted by atomic mass is 32.1. The molecule has 0 atom stereocenters. The molecule has 1 amide bonds. The van der Waals surface area contributed by atoms with E-state index in [0.29, 0.717) is 42.0 Å². The molecule has 0 radical (unpaired) electrons. The van der Waals surface area contributed by atoms with Crippen LogP contribution >= 0.6 is 11.3 Å². The highest BCUT2D eigenvalue weighted by molar-refractivity contribution is 7.22. The maximum absolute atomic E-state index is 13.8. The number of amides is 1. The highest BCUT2D eigenvalue weighted by Crippen LogP contribution is 2.34. The molecule has 0 spiro atoms. The van der Waals surface area contributed by atoms with Crippen molar-refractivity contribution in [3.8, 4) is 11.5 Å². The minimum Gasteiger partial charge on any atom is -0.490 e. The van der Waals surface area contributed by atoms with Crippen molar-refractivity contribution in [1.82, 2.24) is 9.88 Å². The van der Waals surface area contributed by atoms with Crippen molar-refractivity contribution < 1.29 is 19.0 Å². The molecule has 1 saturated heterocycles. The van der Waals surface area contributed by atoms with E-state index in [0.717, 1.165) is 48.6 Å². The highest BCUT2D eigenvalue weighted by Gasteiger charge is 2.24. The Morgan fingerprint density at radius 1 is 1.09 bits per heavy atom. The lowest BCUT2D eigenvalue weighted by molar-refractivity contribution is 0.0391. The summed E-state index contributed by atoms with van der Waals surface area (Å²) in [5.41, 5.74) is 3.87. The number of morpholine rings is 1. The lowest BCUT2D eigenvalue weighted by Gasteiger charge is -2.29. The van der Waals surface area contributed by atoms with Crippen molar-refractivity contribution in [2.45, 2.75) is 27.7 Å². The van der Waals surface area contributed by atoms with Crippen LogP contribution in [0.25, 0.3) is 10.2 Å². The average molecular weight is 484 g/mol. The second-order valence-corrected chi connectivity index (χ2v) is 9.30. The molecule has 2 aromatic carbocycles. The molecule has 0 unspecified atom stereocenters. The van der Waals surface area contributed by atoms with Crippen LogP contribution in [0.4, 0.5) is 5.13 Å². The smallest absolute Gasteiger partial charge is 0.260 e. The van der Waals surface area contributed by atoms with Crippen LogP contribution in [0.1, 0.15) is 35.3 Å². The number of rotatable bonds is 9. The first-order valence-electron chi connectivity index (χ1n) is 11.9. The van der Waals surface area contributed by atoms with Crippen LogP contribution in [0.5, 0.6) is 11.5 Å². The number of fused-ring (bicyclic) bond motifs is 1. The molecule has 182 valence electrons. The topological polar surface area (TPSA) is 64.1 Å². The first-order chi connectivity index (χ1) is 16.5. The lowest BCUT2D eigenvalue weighted by atomic mass is 10.1. The third-order valence-corrected chi connectivity index (χ3v) is 7.13. The zero-order valence-electron chi connectivity index (χ0n) is 20.4. The number of carbonyl (C=O) groups excluding carboxylic acids is 1. The Labute approximate surface area is 205 Å². The van der Waals surface area contributed by atoms with Gasteiger partial charge in [-0.2, -0.15) is 0 Å². The second-order valence-electron chi connectivity index (χ2n) is 8.29. The van der Waals surface area contributed by atoms with E-state index in [1.165, 1.54) is 5.56 Å². The first-order valence-corrected chi connectivity index (χ1v) is 12.7. The Morgan fingerprint density at radius 2 is 1.82 bits per heavy atom. The maximum Gasteiger partial charge on any atom is 0.260 e. The summed E-state index contributed by atoms with van der Waals surface area (Å²) >= 11 is 1.56. The molecule has 1 aromatic heterocycles. The number of aromatic nitrogens is 1. The normalized spacial score (nSPS) is 14.4. The fourth-order valence-electron chi connectivity index (χ4n) is 4.02. The van der Waals surface area contributed by atoms with E-state index in [2.05, 4.69) is 30.9 Å². The van der Waals surface area contributed by atoms with Gasteiger partial charge in [-0.05, 0) is 63.1 Å². The van der Waals surface area contributed by atoms with E-state index < -0.39 is 0 Å². The summed E-state index contributed by atoms with van der Waals surface area (Å²) in [6, 6.07) is 9.60. The van der Waals surface area contributed by atoms with Crippen molar-refractivity contribution in [3.05, 3.63) is 47.0 Å². The number of ether oxygens (including phenoxy) is 3. The lowest BCUT2D eigenvalue weighted by Crippen LogP contribution is -2.43. The number of aryl methyl sites for hydroxylation is 2. The first kappa shape index (κ1) is 24.4. The van der Waals surface area contributed by atoms with Gasteiger partial charge < -0.3 is 14.2 Å². The summed E-state index contributed by atoms with van der Waals surface area (Å²) in [6.45, 7) is 13.6. The summed E-state index contributed by atoms with van der Waals surface area (Å²) in [4.78, 5) is 22.9. The molecule has 3 aromatic rings. The van der Waals surface area contributed by atoms with Gasteiger partial charge in [0.1, 0.15) is 0 Å². The number of thiazole rings is 1. The van der Waals surface area contributed by atoms with E-state index in [4.69, 9.17) is 19.2 Å². The Bertz CT molecular complexity index is 1140. The van der Waals surface area contributed by atoms with Gasteiger partial charge in [-0.3, -0.25) is 14.6 Å². The molecule has 0 aliphatic carbocycles. The summed E-state index contributed by atoms with van der Waals surface area (Å²) in [7, 11) is 0. The Hall–Kier alpha value is -2.68. The fourth-order valence-corrected chi connectivity index (χ4v) is 5.07. The monoisotopic (exact) mass is 483 g/mol. The van der Waals surface area contributed by atoms with Gasteiger partial charge in [-0.25, -0.2) is 4.98 Å². The molecule has 0 bridgehead atoms. The zero-order chi connectivity index (χ0) is 24.1. The summed E-state index contributed by atoms with van der Waals surface area (Å²) in [5.74, 6) is 1.14. The molecule has 1 aliphatic rings. The van der Waals surface area contributed by atoms with Crippen LogP contribution in [0.15, 0.2) is 30.3 Å². The number of anilines is 1. The van der Waals surface area contributed by atoms with Crippen LogP contribution in [0, 0.1) is 13.8 Å². The fraction of sp³-hybridized carbons (Fsp3) is 0.462. The standard InChI is InChI=1S/C26H33N3O4S/c1-5-32-21-9-8-20(17-22(21)33-6-2)25(30)29(12-11-28-13-15-31-16-14-28)26-27-24-19(4)18(3)7-10-23(24)34-26/h7-10,17H,5-6,11-16H2,1-4H3. The van der Waals surface area contributed by atoms with Gasteiger partial charge in [0, 0.05) is 31.7 Å². The predicted molar refractivity (Wildman–Crippen MR) is 137 cm³/mol. The molecule has 8 heteroatoms. The Kier molecular flexibility index (Phi) is 8.03. The molecule has 1 aliphatic heterocycles. The molecule has 34 heavy (non-hydrogen) atoms. The SMILES string of the molecule is CCOc1ccc(C(=O)N(CCN2CCOCC2)c2nc3c(C)c(C)ccc3s2)cc1OCC. The van der Waals surface area contributed by atoms with Crippen molar-refractivity contribution in [1.29, 1.82) is 0 Å². The Balaban J connectivity index is 1.68. The van der Waals surface area contributed by atoms with E-state index in [1.807, 2.05) is 19.9 Å². The summed E-state index contributed by atoms with van der Waals surface area (Å²) < 4.78 is 18.0. The van der Waals surface area contributed by atoms with Crippen LogP contribution in [0.3, 0.4) is 0 Å². The number of nitrogens with zero attached hydrogens (tertiary/aromatic N) is 3. The van der Waals surface area contributed by atoms with Crippen molar-refractivity contribution in [3.63, 3.8) is 0 Å². The molecule has 0 saturated carbocycles. The molecule has 2 heterocycles. The van der Waals surface area contributed by atoms with Gasteiger partial charge >= 0.3 is 0 Å². The molecular weight excluding hydrogens is 450 g/mol. The van der Waals surface area contributed by atoms with Gasteiger partial charge in [0.2, 0.25) is 0 Å². The van der Waals surface area contributed by atoms with Crippen LogP contribution < -0.4 is 14.4 Å². The third kappa shape index (κ3) is 5.35. The van der Waals surface area contributed by atoms with Crippen molar-refractivity contribution in [2.24, 2.45) is 0 Å². The van der Waals surface area contributed by atoms with Crippen molar-refractivity contribution >= 4 is 32.6 Å². The van der Waals surface area contributed by atoms with Crippen LogP contribution in [0.2, 0.25) is 0 Å². The quantitative estimate of drug-likeness (QED) is 0.440. The van der Waals surface area contributed by atoms with E-state index in [1.54, 1.807) is 28.4 Å². The average Bonchev–Trinajstić information content (AvgIpc) is 3.28. The number of hydrogen-bond acceptors (Lipinski definition) is 7. The van der Waals surface area contributed by atoms with Gasteiger partial charge in [0.15, 0.2) is 16.6 Å². The predicted octanol–water partition coefficient (Wildman–Crippen LogP) is 4.69. The minimum atomic E-state index is -0.0920. The summed E-state index contributed by atoms with van der Waals surface area (Å²) in [5, 5.41) is 0.716. The zero-order valence-corrected chi connectivity index (χ0v) is 21.2. The number of benzene rings is 2. The van der Waals surface area contributed by atoms with Gasteiger partial charge in [-0.1, -0.05) is 17.4 Å². The van der Waals surface area contributed by atoms with Crippen LogP contribution in [-0.2, 0) is 4.74 Å². The van der Waals surface area contributed by atoms with E-state index in [-0.39, 0.29) is 5.91 Å². The van der Waals surface area contributed by atoms with Crippen molar-refractivity contribution in [2.75, 3.05) is 57.5 Å². The Morgan fingerprint density at radius 3 is 2.56 bits per heavy atom. The van der Waals surface area contributed by atoms with Gasteiger partial charge in [0.05, 0.1) is 36.6 Å². The second kappa shape index (κ2) is 11.2. The van der Waals surface area contributed by atoms with Gasteiger partial charge in [-0.15, -0.1) is 0 Å². The minimum absolute atomic E-state index is 0.0920. The molecule has 7 nitrogen and oxygen atoms in total. The third-order valence-electron chi connectivity index (χ3n) is 6.08. The number of carbonyl (C=O) groups is 1.